The summed E-state index contributed by atoms with van der Waals surface area (Å²) in [6.07, 6.45) is 4.75. The number of amides is 1. The normalized spacial score (nSPS) is 15.8. The van der Waals surface area contributed by atoms with Crippen LogP contribution in [0.2, 0.25) is 5.02 Å². The van der Waals surface area contributed by atoms with Gasteiger partial charge in [0.2, 0.25) is 0 Å². The fourth-order valence-corrected chi connectivity index (χ4v) is 3.23. The van der Waals surface area contributed by atoms with Crippen molar-refractivity contribution in [2.45, 2.75) is 31.7 Å². The SMILES string of the molecule is C[N+](C)(CC(=O)Nc1ccc([N+](=O)[O-])cc1Cl)C1CCCC1. The van der Waals surface area contributed by atoms with Crippen molar-refractivity contribution in [1.29, 1.82) is 0 Å². The molecule has 1 aromatic rings. The molecule has 2 rings (SSSR count). The maximum absolute atomic E-state index is 12.2. The van der Waals surface area contributed by atoms with Crippen LogP contribution in [0.1, 0.15) is 25.7 Å². The van der Waals surface area contributed by atoms with Crippen molar-refractivity contribution in [3.05, 3.63) is 33.3 Å². The minimum Gasteiger partial charge on any atom is -0.320 e. The number of halogens is 1. The second-order valence-electron chi connectivity index (χ2n) is 6.34. The Hall–Kier alpha value is -1.66. The molecule has 0 atom stereocenters. The summed E-state index contributed by atoms with van der Waals surface area (Å²) in [6, 6.07) is 4.55. The van der Waals surface area contributed by atoms with Gasteiger partial charge in [-0.05, 0) is 31.7 Å². The van der Waals surface area contributed by atoms with Gasteiger partial charge in [-0.3, -0.25) is 14.9 Å². The van der Waals surface area contributed by atoms with Crippen molar-refractivity contribution in [2.75, 3.05) is 26.0 Å². The van der Waals surface area contributed by atoms with Crippen LogP contribution >= 0.6 is 11.6 Å². The Bertz CT molecular complexity index is 583. The summed E-state index contributed by atoms with van der Waals surface area (Å²) >= 11 is 5.99. The Balaban J connectivity index is 2.01. The zero-order valence-corrected chi connectivity index (χ0v) is 13.6. The summed E-state index contributed by atoms with van der Waals surface area (Å²) < 4.78 is 0.649. The monoisotopic (exact) mass is 326 g/mol. The molecular formula is C15H21ClN3O3+. The molecule has 0 bridgehead atoms. The molecule has 0 aromatic heterocycles. The molecule has 1 N–H and O–H groups in total. The van der Waals surface area contributed by atoms with E-state index in [1.54, 1.807) is 0 Å². The first-order valence-electron chi connectivity index (χ1n) is 7.36. The van der Waals surface area contributed by atoms with Gasteiger partial charge in [-0.25, -0.2) is 0 Å². The van der Waals surface area contributed by atoms with Gasteiger partial charge in [-0.15, -0.1) is 0 Å². The van der Waals surface area contributed by atoms with Gasteiger partial charge in [-0.1, -0.05) is 11.6 Å². The molecule has 0 radical (unpaired) electrons. The summed E-state index contributed by atoms with van der Waals surface area (Å²) in [5.41, 5.74) is 0.314. The number of nitrogens with zero attached hydrogens (tertiary/aromatic N) is 2. The van der Waals surface area contributed by atoms with Gasteiger partial charge in [0.25, 0.3) is 11.6 Å². The van der Waals surface area contributed by atoms with Crippen LogP contribution < -0.4 is 5.32 Å². The molecule has 1 amide bonds. The number of anilines is 1. The van der Waals surface area contributed by atoms with Gasteiger partial charge >= 0.3 is 0 Å². The van der Waals surface area contributed by atoms with Crippen molar-refractivity contribution in [1.82, 2.24) is 0 Å². The Morgan fingerprint density at radius 3 is 2.59 bits per heavy atom. The summed E-state index contributed by atoms with van der Waals surface area (Å²) in [5.74, 6) is -0.132. The van der Waals surface area contributed by atoms with Gasteiger partial charge in [0.15, 0.2) is 6.54 Å². The zero-order chi connectivity index (χ0) is 16.3. The molecular weight excluding hydrogens is 306 g/mol. The van der Waals surface area contributed by atoms with E-state index in [0.717, 1.165) is 12.8 Å². The highest BCUT2D eigenvalue weighted by atomic mass is 35.5. The molecule has 0 heterocycles. The van der Waals surface area contributed by atoms with Gasteiger partial charge in [0, 0.05) is 12.1 Å². The van der Waals surface area contributed by atoms with Crippen LogP contribution in [0.3, 0.4) is 0 Å². The standard InChI is InChI=1S/C15H20ClN3O3/c1-19(2,12-5-3-4-6-12)10-15(20)17-14-8-7-11(18(21)22)9-13(14)16/h7-9,12H,3-6,10H2,1-2H3/p+1. The molecule has 22 heavy (non-hydrogen) atoms. The quantitative estimate of drug-likeness (QED) is 0.513. The number of carbonyl (C=O) groups excluding carboxylic acids is 1. The second-order valence-corrected chi connectivity index (χ2v) is 6.75. The third-order valence-corrected chi connectivity index (χ3v) is 4.61. The van der Waals surface area contributed by atoms with Crippen LogP contribution in [0.5, 0.6) is 0 Å². The molecule has 7 heteroatoms. The Labute approximate surface area is 134 Å². The number of hydrogen-bond donors (Lipinski definition) is 1. The minimum absolute atomic E-state index is 0.0925. The van der Waals surface area contributed by atoms with Crippen LogP contribution in [-0.4, -0.2) is 42.0 Å². The number of rotatable bonds is 5. The minimum atomic E-state index is -0.516. The molecule has 1 fully saturated rings. The van der Waals surface area contributed by atoms with E-state index in [1.165, 1.54) is 31.0 Å². The lowest BCUT2D eigenvalue weighted by atomic mass is 10.2. The average molecular weight is 327 g/mol. The molecule has 0 spiro atoms. The van der Waals surface area contributed by atoms with Crippen LogP contribution in [0.4, 0.5) is 11.4 Å². The fourth-order valence-electron chi connectivity index (χ4n) is 3.01. The lowest BCUT2D eigenvalue weighted by molar-refractivity contribution is -0.906. The van der Waals surface area contributed by atoms with Crippen molar-refractivity contribution in [3.8, 4) is 0 Å². The van der Waals surface area contributed by atoms with Crippen LogP contribution in [0.25, 0.3) is 0 Å². The zero-order valence-electron chi connectivity index (χ0n) is 12.8. The summed E-state index contributed by atoms with van der Waals surface area (Å²) in [6.45, 7) is 0.359. The third kappa shape index (κ3) is 3.96. The fraction of sp³-hybridized carbons (Fsp3) is 0.533. The predicted molar refractivity (Wildman–Crippen MR) is 86.0 cm³/mol. The second kappa shape index (κ2) is 6.62. The molecule has 1 aliphatic rings. The molecule has 1 saturated carbocycles. The van der Waals surface area contributed by atoms with Crippen molar-refractivity contribution in [2.24, 2.45) is 0 Å². The summed E-state index contributed by atoms with van der Waals surface area (Å²) in [7, 11) is 4.13. The lowest BCUT2D eigenvalue weighted by Gasteiger charge is -2.35. The number of quaternary nitrogens is 1. The Morgan fingerprint density at radius 1 is 1.41 bits per heavy atom. The number of hydrogen-bond acceptors (Lipinski definition) is 3. The van der Waals surface area contributed by atoms with Crippen molar-refractivity contribution >= 4 is 28.9 Å². The first-order valence-corrected chi connectivity index (χ1v) is 7.74. The highest BCUT2D eigenvalue weighted by Crippen LogP contribution is 2.28. The van der Waals surface area contributed by atoms with Crippen molar-refractivity contribution < 1.29 is 14.2 Å². The van der Waals surface area contributed by atoms with E-state index in [0.29, 0.717) is 22.8 Å². The van der Waals surface area contributed by atoms with Crippen molar-refractivity contribution in [3.63, 3.8) is 0 Å². The van der Waals surface area contributed by atoms with E-state index >= 15 is 0 Å². The Kier molecular flexibility index (Phi) is 5.03. The van der Waals surface area contributed by atoms with Gasteiger partial charge < -0.3 is 9.80 Å². The molecule has 0 unspecified atom stereocenters. The van der Waals surface area contributed by atoms with E-state index < -0.39 is 4.92 Å². The first-order chi connectivity index (χ1) is 10.3. The summed E-state index contributed by atoms with van der Waals surface area (Å²) in [4.78, 5) is 22.4. The maximum atomic E-state index is 12.2. The number of nitrogens with one attached hydrogen (secondary N) is 1. The Morgan fingerprint density at radius 2 is 2.05 bits per heavy atom. The maximum Gasteiger partial charge on any atom is 0.279 e. The number of nitro benzene ring substituents is 1. The van der Waals surface area contributed by atoms with E-state index in [1.807, 2.05) is 0 Å². The largest absolute Gasteiger partial charge is 0.320 e. The number of non-ortho nitro benzene ring substituents is 1. The smallest absolute Gasteiger partial charge is 0.279 e. The van der Waals surface area contributed by atoms with Crippen LogP contribution in [0.15, 0.2) is 18.2 Å². The number of carbonyl (C=O) groups is 1. The van der Waals surface area contributed by atoms with Gasteiger partial charge in [0.05, 0.1) is 35.8 Å². The third-order valence-electron chi connectivity index (χ3n) is 4.30. The lowest BCUT2D eigenvalue weighted by Crippen LogP contribution is -2.51. The molecule has 6 nitrogen and oxygen atoms in total. The van der Waals surface area contributed by atoms with E-state index in [-0.39, 0.29) is 16.6 Å². The molecule has 1 aromatic carbocycles. The van der Waals surface area contributed by atoms with E-state index in [4.69, 9.17) is 11.6 Å². The first kappa shape index (κ1) is 16.7. The highest BCUT2D eigenvalue weighted by Gasteiger charge is 2.33. The van der Waals surface area contributed by atoms with E-state index in [2.05, 4.69) is 19.4 Å². The number of likely N-dealkylation sites (N-methyl/N-ethyl adjacent to an activating group) is 1. The number of benzene rings is 1. The molecule has 120 valence electrons. The van der Waals surface area contributed by atoms with Crippen LogP contribution in [-0.2, 0) is 4.79 Å². The average Bonchev–Trinajstić information content (AvgIpc) is 2.95. The molecule has 0 aliphatic heterocycles. The van der Waals surface area contributed by atoms with Gasteiger partial charge in [0.1, 0.15) is 0 Å². The van der Waals surface area contributed by atoms with Crippen LogP contribution in [0, 0.1) is 10.1 Å². The molecule has 1 aliphatic carbocycles. The topological polar surface area (TPSA) is 72.2 Å². The summed E-state index contributed by atoms with van der Waals surface area (Å²) in [5, 5.41) is 13.6. The highest BCUT2D eigenvalue weighted by molar-refractivity contribution is 6.33. The molecule has 0 saturated heterocycles. The van der Waals surface area contributed by atoms with Gasteiger partial charge in [-0.2, -0.15) is 0 Å². The van der Waals surface area contributed by atoms with E-state index in [9.17, 15) is 14.9 Å². The predicted octanol–water partition coefficient (Wildman–Crippen LogP) is 3.21. The number of nitro groups is 1.